The van der Waals surface area contributed by atoms with Crippen LogP contribution in [-0.2, 0) is 11.3 Å². The number of nitrogens with zero attached hydrogens (tertiary/aromatic N) is 1. The molecule has 27 heavy (non-hydrogen) atoms. The first kappa shape index (κ1) is 19.1. The first-order valence-corrected chi connectivity index (χ1v) is 9.54. The SMILES string of the molecule is CC(=O)NCc1ccc(-c2nc(NC(=O)c3cc(F)ccc3F)sc2C)s1. The normalized spacial score (nSPS) is 10.7. The predicted octanol–water partition coefficient (Wildman–Crippen LogP) is 4.35. The summed E-state index contributed by atoms with van der Waals surface area (Å²) in [5.41, 5.74) is 0.326. The van der Waals surface area contributed by atoms with Gasteiger partial charge in [-0.2, -0.15) is 0 Å². The Kier molecular flexibility index (Phi) is 5.62. The zero-order valence-electron chi connectivity index (χ0n) is 14.4. The number of hydrogen-bond donors (Lipinski definition) is 2. The molecule has 2 aromatic heterocycles. The number of rotatable bonds is 5. The first-order valence-electron chi connectivity index (χ1n) is 7.91. The molecule has 0 atom stereocenters. The van der Waals surface area contributed by atoms with Gasteiger partial charge in [0.15, 0.2) is 5.13 Å². The fraction of sp³-hybridized carbons (Fsp3) is 0.167. The molecule has 0 aliphatic heterocycles. The number of thiophene rings is 1. The lowest BCUT2D eigenvalue weighted by Gasteiger charge is -2.03. The molecule has 0 saturated carbocycles. The van der Waals surface area contributed by atoms with Crippen LogP contribution in [0.3, 0.4) is 0 Å². The molecule has 9 heteroatoms. The van der Waals surface area contributed by atoms with Crippen molar-refractivity contribution >= 4 is 39.6 Å². The van der Waals surface area contributed by atoms with Gasteiger partial charge in [-0.15, -0.1) is 22.7 Å². The van der Waals surface area contributed by atoms with Crippen molar-refractivity contribution in [3.8, 4) is 10.6 Å². The Morgan fingerprint density at radius 2 is 1.93 bits per heavy atom. The van der Waals surface area contributed by atoms with E-state index in [0.717, 1.165) is 32.8 Å². The lowest BCUT2D eigenvalue weighted by Crippen LogP contribution is -2.17. The van der Waals surface area contributed by atoms with E-state index in [9.17, 15) is 18.4 Å². The molecule has 5 nitrogen and oxygen atoms in total. The summed E-state index contributed by atoms with van der Waals surface area (Å²) >= 11 is 2.73. The predicted molar refractivity (Wildman–Crippen MR) is 102 cm³/mol. The zero-order chi connectivity index (χ0) is 19.6. The van der Waals surface area contributed by atoms with Crippen molar-refractivity contribution in [2.45, 2.75) is 20.4 Å². The van der Waals surface area contributed by atoms with E-state index in [0.29, 0.717) is 17.4 Å². The van der Waals surface area contributed by atoms with E-state index in [-0.39, 0.29) is 11.5 Å². The Bertz CT molecular complexity index is 1010. The minimum atomic E-state index is -0.803. The highest BCUT2D eigenvalue weighted by Gasteiger charge is 2.17. The van der Waals surface area contributed by atoms with Crippen molar-refractivity contribution in [3.05, 3.63) is 57.3 Å². The number of aryl methyl sites for hydroxylation is 1. The van der Waals surface area contributed by atoms with Crippen LogP contribution in [-0.4, -0.2) is 16.8 Å². The second kappa shape index (κ2) is 7.93. The highest BCUT2D eigenvalue weighted by molar-refractivity contribution is 7.18. The van der Waals surface area contributed by atoms with Gasteiger partial charge in [0.05, 0.1) is 22.7 Å². The molecular formula is C18H15F2N3O2S2. The second-order valence-electron chi connectivity index (χ2n) is 5.68. The highest BCUT2D eigenvalue weighted by atomic mass is 32.1. The summed E-state index contributed by atoms with van der Waals surface area (Å²) in [4.78, 5) is 30.4. The van der Waals surface area contributed by atoms with Crippen molar-refractivity contribution in [1.29, 1.82) is 0 Å². The number of amides is 2. The molecule has 3 rings (SSSR count). The van der Waals surface area contributed by atoms with Crippen LogP contribution in [0, 0.1) is 18.6 Å². The standard InChI is InChI=1S/C18H15F2N3O2S2/c1-9-16(15-6-4-12(27-15)8-21-10(2)24)22-18(26-9)23-17(25)13-7-11(19)3-5-14(13)20/h3-7H,8H2,1-2H3,(H,21,24)(H,22,23,25). The van der Waals surface area contributed by atoms with Crippen LogP contribution < -0.4 is 10.6 Å². The van der Waals surface area contributed by atoms with E-state index in [1.807, 2.05) is 19.1 Å². The summed E-state index contributed by atoms with van der Waals surface area (Å²) in [5.74, 6) is -2.36. The van der Waals surface area contributed by atoms with Crippen molar-refractivity contribution in [1.82, 2.24) is 10.3 Å². The molecule has 140 valence electrons. The van der Waals surface area contributed by atoms with E-state index in [1.165, 1.54) is 29.6 Å². The van der Waals surface area contributed by atoms with E-state index < -0.39 is 17.5 Å². The minimum absolute atomic E-state index is 0.107. The molecule has 2 heterocycles. The van der Waals surface area contributed by atoms with Crippen molar-refractivity contribution in [2.75, 3.05) is 5.32 Å². The van der Waals surface area contributed by atoms with Crippen LogP contribution in [0.2, 0.25) is 0 Å². The van der Waals surface area contributed by atoms with Crippen LogP contribution in [0.4, 0.5) is 13.9 Å². The Morgan fingerprint density at radius 3 is 2.67 bits per heavy atom. The topological polar surface area (TPSA) is 71.1 Å². The number of halogens is 2. The van der Waals surface area contributed by atoms with Gasteiger partial charge in [-0.3, -0.25) is 14.9 Å². The summed E-state index contributed by atoms with van der Waals surface area (Å²) in [6, 6.07) is 6.49. The fourth-order valence-corrected chi connectivity index (χ4v) is 4.21. The molecule has 2 N–H and O–H groups in total. The maximum Gasteiger partial charge on any atom is 0.260 e. The van der Waals surface area contributed by atoms with Gasteiger partial charge in [0.25, 0.3) is 5.91 Å². The van der Waals surface area contributed by atoms with Gasteiger partial charge in [-0.1, -0.05) is 0 Å². The third-order valence-corrected chi connectivity index (χ3v) is 5.57. The molecule has 0 bridgehead atoms. The number of aromatic nitrogens is 1. The van der Waals surface area contributed by atoms with Gasteiger partial charge >= 0.3 is 0 Å². The fourth-order valence-electron chi connectivity index (χ4n) is 2.33. The van der Waals surface area contributed by atoms with Gasteiger partial charge in [0, 0.05) is 16.7 Å². The monoisotopic (exact) mass is 407 g/mol. The van der Waals surface area contributed by atoms with Crippen LogP contribution in [0.1, 0.15) is 27.0 Å². The number of anilines is 1. The van der Waals surface area contributed by atoms with Crippen LogP contribution in [0.25, 0.3) is 10.6 Å². The minimum Gasteiger partial charge on any atom is -0.351 e. The zero-order valence-corrected chi connectivity index (χ0v) is 16.1. The molecule has 0 aliphatic rings. The molecular weight excluding hydrogens is 392 g/mol. The molecule has 0 spiro atoms. The smallest absolute Gasteiger partial charge is 0.260 e. The Hall–Kier alpha value is -2.65. The molecule has 0 fully saturated rings. The highest BCUT2D eigenvalue weighted by Crippen LogP contribution is 2.34. The average Bonchev–Trinajstić information content (AvgIpc) is 3.21. The van der Waals surface area contributed by atoms with E-state index in [1.54, 1.807) is 0 Å². The lowest BCUT2D eigenvalue weighted by molar-refractivity contribution is -0.119. The number of thiazole rings is 1. The van der Waals surface area contributed by atoms with Gasteiger partial charge in [0.2, 0.25) is 5.91 Å². The summed E-state index contributed by atoms with van der Waals surface area (Å²) in [7, 11) is 0. The van der Waals surface area contributed by atoms with Gasteiger partial charge in [-0.05, 0) is 37.3 Å². The summed E-state index contributed by atoms with van der Waals surface area (Å²) in [6.07, 6.45) is 0. The van der Waals surface area contributed by atoms with Crippen LogP contribution in [0.15, 0.2) is 30.3 Å². The Balaban J connectivity index is 1.77. The summed E-state index contributed by atoms with van der Waals surface area (Å²) in [5, 5.41) is 5.54. The van der Waals surface area contributed by atoms with E-state index in [4.69, 9.17) is 0 Å². The molecule has 3 aromatic rings. The molecule has 1 aromatic carbocycles. The number of nitrogens with one attached hydrogen (secondary N) is 2. The molecule has 0 radical (unpaired) electrons. The second-order valence-corrected chi connectivity index (χ2v) is 8.05. The average molecular weight is 407 g/mol. The van der Waals surface area contributed by atoms with Gasteiger partial charge in [-0.25, -0.2) is 13.8 Å². The van der Waals surface area contributed by atoms with E-state index >= 15 is 0 Å². The van der Waals surface area contributed by atoms with Crippen molar-refractivity contribution < 1.29 is 18.4 Å². The van der Waals surface area contributed by atoms with Gasteiger partial charge < -0.3 is 5.32 Å². The van der Waals surface area contributed by atoms with Gasteiger partial charge in [0.1, 0.15) is 11.6 Å². The maximum atomic E-state index is 13.7. The van der Waals surface area contributed by atoms with Crippen molar-refractivity contribution in [3.63, 3.8) is 0 Å². The Morgan fingerprint density at radius 1 is 1.15 bits per heavy atom. The summed E-state index contributed by atoms with van der Waals surface area (Å²) < 4.78 is 27.0. The van der Waals surface area contributed by atoms with Crippen LogP contribution in [0.5, 0.6) is 0 Å². The molecule has 0 unspecified atom stereocenters. The number of carbonyl (C=O) groups is 2. The quantitative estimate of drug-likeness (QED) is 0.661. The maximum absolute atomic E-state index is 13.7. The van der Waals surface area contributed by atoms with E-state index in [2.05, 4.69) is 15.6 Å². The molecule has 0 saturated heterocycles. The number of hydrogen-bond acceptors (Lipinski definition) is 5. The molecule has 2 amide bonds. The Labute approximate surface area is 162 Å². The number of carbonyl (C=O) groups excluding carboxylic acids is 2. The number of benzene rings is 1. The van der Waals surface area contributed by atoms with Crippen LogP contribution >= 0.6 is 22.7 Å². The largest absolute Gasteiger partial charge is 0.351 e. The third kappa shape index (κ3) is 4.55. The molecule has 0 aliphatic carbocycles. The van der Waals surface area contributed by atoms with Crippen molar-refractivity contribution in [2.24, 2.45) is 0 Å². The lowest BCUT2D eigenvalue weighted by atomic mass is 10.2. The first-order chi connectivity index (χ1) is 12.8. The third-order valence-electron chi connectivity index (χ3n) is 3.60. The summed E-state index contributed by atoms with van der Waals surface area (Å²) in [6.45, 7) is 3.75.